The van der Waals surface area contributed by atoms with Crippen molar-refractivity contribution >= 4 is 34.9 Å². The molecule has 0 atom stereocenters. The van der Waals surface area contributed by atoms with Gasteiger partial charge < -0.3 is 20.8 Å². The molecule has 4 rings (SSSR count). The number of hydrogen-bond donors (Lipinski definition) is 4. The molecule has 0 amide bonds. The first-order chi connectivity index (χ1) is 18.6. The Morgan fingerprint density at radius 3 is 1.20 bits per heavy atom. The van der Waals surface area contributed by atoms with Crippen LogP contribution >= 0.6 is 0 Å². The van der Waals surface area contributed by atoms with Crippen LogP contribution in [-0.4, -0.2) is 33.7 Å². The number of aliphatic carboxylic acids is 2. The number of nitrogens with one attached hydrogen (secondary N) is 2. The zero-order chi connectivity index (χ0) is 28.6. The second-order valence-electron chi connectivity index (χ2n) is 8.26. The number of carbonyl (C=O) groups excluding carboxylic acids is 2. The summed E-state index contributed by atoms with van der Waals surface area (Å²) < 4.78 is 0. The zero-order valence-corrected chi connectivity index (χ0v) is 24.2. The van der Waals surface area contributed by atoms with Gasteiger partial charge in [-0.15, -0.1) is 0 Å². The number of allylic oxidation sites excluding steroid dienone is 10. The number of benzene rings is 2. The summed E-state index contributed by atoms with van der Waals surface area (Å²) in [6, 6.07) is 16.3. The van der Waals surface area contributed by atoms with Gasteiger partial charge in [0.1, 0.15) is 0 Å². The van der Waals surface area contributed by atoms with Gasteiger partial charge in [-0.25, -0.2) is 0 Å². The smallest absolute Gasteiger partial charge is 0.300 e. The quantitative estimate of drug-likeness (QED) is 0.242. The van der Waals surface area contributed by atoms with Crippen LogP contribution in [0.4, 0.5) is 11.4 Å². The van der Waals surface area contributed by atoms with Crippen LogP contribution in [0.2, 0.25) is 0 Å². The molecule has 0 aliphatic heterocycles. The first kappa shape index (κ1) is 36.7. The summed E-state index contributed by atoms with van der Waals surface area (Å²) in [7, 11) is 0. The summed E-state index contributed by atoms with van der Waals surface area (Å²) in [6.07, 6.45) is 18.1. The van der Waals surface area contributed by atoms with E-state index >= 15 is 0 Å². The molecule has 0 radical (unpaired) electrons. The van der Waals surface area contributed by atoms with Gasteiger partial charge in [-0.1, -0.05) is 48.6 Å². The fourth-order valence-electron chi connectivity index (χ4n) is 3.20. The van der Waals surface area contributed by atoms with Crippen LogP contribution in [0.25, 0.3) is 0 Å². The van der Waals surface area contributed by atoms with Gasteiger partial charge in [0.2, 0.25) is 0 Å². The maximum Gasteiger partial charge on any atom is 0.300 e. The molecule has 0 bridgehead atoms. The summed E-state index contributed by atoms with van der Waals surface area (Å²) in [5.41, 5.74) is 5.53. The van der Waals surface area contributed by atoms with Crippen LogP contribution < -0.4 is 10.6 Å². The molecule has 10 heteroatoms. The molecule has 0 fully saturated rings. The van der Waals surface area contributed by atoms with E-state index in [0.29, 0.717) is 11.1 Å². The van der Waals surface area contributed by atoms with Crippen molar-refractivity contribution in [2.24, 2.45) is 0 Å². The standard InChI is InChI=1S/C27H22N2O2.2C2H4O2.2Ni/c30-26-7-3-1-5-22(26)18-28-24-13-9-20(10-14-24)17-21-11-15-25(16-12-21)29-19-23-6-2-4-8-27(23)31;2*1-2(3)4;;/h1-16,18-19,28-29H,17H2;2*1H3,(H,3,4);;/b22-18-,23-19-;;;;. The van der Waals surface area contributed by atoms with E-state index in [2.05, 4.69) is 34.9 Å². The second-order valence-corrected chi connectivity index (χ2v) is 8.26. The van der Waals surface area contributed by atoms with E-state index < -0.39 is 11.9 Å². The van der Waals surface area contributed by atoms with Crippen molar-refractivity contribution in [2.45, 2.75) is 20.3 Å². The molecular formula is C31H30N2Ni2O6. The van der Waals surface area contributed by atoms with E-state index in [1.165, 1.54) is 11.1 Å². The van der Waals surface area contributed by atoms with Crippen LogP contribution in [0.3, 0.4) is 0 Å². The van der Waals surface area contributed by atoms with Crippen LogP contribution in [0.15, 0.2) is 121 Å². The largest absolute Gasteiger partial charge is 0.481 e. The van der Waals surface area contributed by atoms with Crippen molar-refractivity contribution in [1.82, 2.24) is 0 Å². The number of carboxylic acids is 2. The van der Waals surface area contributed by atoms with Gasteiger partial charge in [-0.2, -0.15) is 0 Å². The maximum absolute atomic E-state index is 11.8. The molecule has 0 aromatic heterocycles. The summed E-state index contributed by atoms with van der Waals surface area (Å²) in [4.78, 5) is 41.5. The summed E-state index contributed by atoms with van der Waals surface area (Å²) in [5.74, 6) is -1.67. The minimum absolute atomic E-state index is 0. The molecule has 0 spiro atoms. The number of rotatable bonds is 6. The third kappa shape index (κ3) is 15.2. The topological polar surface area (TPSA) is 133 Å². The van der Waals surface area contributed by atoms with Crippen LogP contribution in [0.5, 0.6) is 0 Å². The number of carbonyl (C=O) groups is 4. The number of carboxylic acid groups (broad SMARTS) is 2. The van der Waals surface area contributed by atoms with Gasteiger partial charge in [0.25, 0.3) is 11.9 Å². The average molecular weight is 644 g/mol. The Bertz CT molecular complexity index is 1260. The van der Waals surface area contributed by atoms with Gasteiger partial charge in [0, 0.05) is 81.8 Å². The molecule has 220 valence electrons. The first-order valence-electron chi connectivity index (χ1n) is 11.9. The molecule has 0 unspecified atom stereocenters. The first-order valence-corrected chi connectivity index (χ1v) is 11.9. The van der Waals surface area contributed by atoms with Crippen LogP contribution in [0.1, 0.15) is 25.0 Å². The Balaban J connectivity index is 0.00000142. The van der Waals surface area contributed by atoms with Crippen molar-refractivity contribution in [3.05, 3.63) is 132 Å². The van der Waals surface area contributed by atoms with E-state index in [-0.39, 0.29) is 44.5 Å². The number of ketones is 2. The van der Waals surface area contributed by atoms with Crippen molar-refractivity contribution in [1.29, 1.82) is 0 Å². The fourth-order valence-corrected chi connectivity index (χ4v) is 3.20. The van der Waals surface area contributed by atoms with E-state index in [1.807, 2.05) is 36.4 Å². The summed E-state index contributed by atoms with van der Waals surface area (Å²) in [5, 5.41) is 21.2. The number of hydrogen-bond acceptors (Lipinski definition) is 6. The zero-order valence-electron chi connectivity index (χ0n) is 22.3. The third-order valence-electron chi connectivity index (χ3n) is 4.94. The Morgan fingerprint density at radius 2 is 0.902 bits per heavy atom. The molecular weight excluding hydrogens is 614 g/mol. The van der Waals surface area contributed by atoms with E-state index in [0.717, 1.165) is 31.6 Å². The average Bonchev–Trinajstić information content (AvgIpc) is 2.89. The third-order valence-corrected chi connectivity index (χ3v) is 4.94. The predicted octanol–water partition coefficient (Wildman–Crippen LogP) is 5.44. The molecule has 2 aromatic rings. The van der Waals surface area contributed by atoms with Gasteiger partial charge >= 0.3 is 0 Å². The Labute approximate surface area is 259 Å². The minimum atomic E-state index is -0.833. The van der Waals surface area contributed by atoms with Gasteiger partial charge in [-0.05, 0) is 66.1 Å². The molecule has 0 saturated heterocycles. The van der Waals surface area contributed by atoms with Crippen molar-refractivity contribution < 1.29 is 62.4 Å². The molecule has 0 saturated carbocycles. The van der Waals surface area contributed by atoms with Crippen LogP contribution in [0, 0.1) is 0 Å². The normalized spacial score (nSPS) is 14.5. The maximum atomic E-state index is 11.8. The molecule has 0 heterocycles. The van der Waals surface area contributed by atoms with Crippen molar-refractivity contribution in [2.75, 3.05) is 10.6 Å². The SMILES string of the molecule is CC(=O)O.CC(=O)O.O=C1C=CC=C/C1=C/Nc1ccc(Cc2ccc(N/C=C3/C=CC=CC3=O)cc2)cc1.[Ni].[Ni]. The van der Waals surface area contributed by atoms with E-state index in [9.17, 15) is 9.59 Å². The van der Waals surface area contributed by atoms with Gasteiger partial charge in [0.05, 0.1) is 0 Å². The Kier molecular flexibility index (Phi) is 17.7. The Hall–Kier alpha value is -4.25. The monoisotopic (exact) mass is 642 g/mol. The molecule has 4 N–H and O–H groups in total. The molecule has 2 aromatic carbocycles. The Morgan fingerprint density at radius 1 is 0.610 bits per heavy atom. The minimum Gasteiger partial charge on any atom is -0.481 e. The number of anilines is 2. The van der Waals surface area contributed by atoms with Crippen molar-refractivity contribution in [3.8, 4) is 0 Å². The van der Waals surface area contributed by atoms with E-state index in [4.69, 9.17) is 19.8 Å². The van der Waals surface area contributed by atoms with Gasteiger partial charge in [-0.3, -0.25) is 19.2 Å². The fraction of sp³-hybridized carbons (Fsp3) is 0.0968. The second kappa shape index (κ2) is 19.7. The molecule has 2 aliphatic rings. The molecule has 8 nitrogen and oxygen atoms in total. The van der Waals surface area contributed by atoms with Gasteiger partial charge in [0.15, 0.2) is 11.6 Å². The molecule has 41 heavy (non-hydrogen) atoms. The molecule has 2 aliphatic carbocycles. The van der Waals surface area contributed by atoms with Crippen molar-refractivity contribution in [3.63, 3.8) is 0 Å². The summed E-state index contributed by atoms with van der Waals surface area (Å²) in [6.45, 7) is 2.17. The van der Waals surface area contributed by atoms with Crippen LogP contribution in [-0.2, 0) is 58.6 Å². The van der Waals surface area contributed by atoms with E-state index in [1.54, 1.807) is 48.9 Å². The summed E-state index contributed by atoms with van der Waals surface area (Å²) >= 11 is 0. The predicted molar refractivity (Wildman–Crippen MR) is 152 cm³/mol.